The Hall–Kier alpha value is -2.26. The van der Waals surface area contributed by atoms with Crippen molar-refractivity contribution in [3.8, 4) is 39.7 Å². The van der Waals surface area contributed by atoms with E-state index in [2.05, 4.69) is 36.0 Å². The summed E-state index contributed by atoms with van der Waals surface area (Å²) in [6.07, 6.45) is 7.14. The number of hydrogen-bond acceptors (Lipinski definition) is 5. The highest BCUT2D eigenvalue weighted by molar-refractivity contribution is 14.1. The Morgan fingerprint density at radius 2 is 2.29 bits per heavy atom. The van der Waals surface area contributed by atoms with Crippen LogP contribution in [0.4, 0.5) is 5.95 Å². The molecule has 2 aromatic rings. The molecule has 2 aromatic heterocycles. The van der Waals surface area contributed by atoms with Crippen LogP contribution in [0.1, 0.15) is 0 Å². The number of halogens is 1. The molecule has 0 aromatic carbocycles. The van der Waals surface area contributed by atoms with Gasteiger partial charge in [0.25, 0.3) is 0 Å². The van der Waals surface area contributed by atoms with Crippen LogP contribution in [0.3, 0.4) is 0 Å². The Labute approximate surface area is 136 Å². The minimum Gasteiger partial charge on any atom is -0.450 e. The van der Waals surface area contributed by atoms with E-state index >= 15 is 0 Å². The molecule has 0 amide bonds. The molecule has 0 bridgehead atoms. The van der Waals surface area contributed by atoms with Crippen molar-refractivity contribution in [2.75, 3.05) is 18.5 Å². The SMILES string of the molecule is C#CCNc1nc(OCC#CI)nc(-c2cccn2C)n1. The number of aryl methyl sites for hydroxylation is 1. The molecule has 0 aliphatic heterocycles. The second kappa shape index (κ2) is 7.50. The van der Waals surface area contributed by atoms with Crippen LogP contribution in [0.25, 0.3) is 11.5 Å². The van der Waals surface area contributed by atoms with Crippen LogP contribution in [0.5, 0.6) is 6.01 Å². The third-order valence-corrected chi connectivity index (χ3v) is 2.86. The van der Waals surface area contributed by atoms with E-state index in [1.165, 1.54) is 0 Å². The third-order valence-electron chi connectivity index (χ3n) is 2.48. The van der Waals surface area contributed by atoms with Crippen LogP contribution >= 0.6 is 22.6 Å². The summed E-state index contributed by atoms with van der Waals surface area (Å²) in [5.74, 6) is 6.13. The average molecular weight is 393 g/mol. The average Bonchev–Trinajstić information content (AvgIpc) is 2.91. The molecule has 21 heavy (non-hydrogen) atoms. The molecular formula is C14H12IN5O. The Morgan fingerprint density at radius 1 is 1.43 bits per heavy atom. The largest absolute Gasteiger partial charge is 0.450 e. The van der Waals surface area contributed by atoms with Gasteiger partial charge < -0.3 is 14.6 Å². The van der Waals surface area contributed by atoms with Crippen LogP contribution in [-0.2, 0) is 7.05 Å². The monoisotopic (exact) mass is 393 g/mol. The first-order valence-electron chi connectivity index (χ1n) is 6.01. The molecule has 2 rings (SSSR count). The van der Waals surface area contributed by atoms with Gasteiger partial charge in [-0.3, -0.25) is 0 Å². The number of hydrogen-bond donors (Lipinski definition) is 1. The van der Waals surface area contributed by atoms with Crippen molar-refractivity contribution in [3.05, 3.63) is 18.3 Å². The zero-order valence-corrected chi connectivity index (χ0v) is 13.5. The van der Waals surface area contributed by atoms with Crippen molar-refractivity contribution in [2.45, 2.75) is 0 Å². The fraction of sp³-hybridized carbons (Fsp3) is 0.214. The molecule has 6 nitrogen and oxygen atoms in total. The zero-order valence-electron chi connectivity index (χ0n) is 11.3. The maximum atomic E-state index is 5.40. The highest BCUT2D eigenvalue weighted by Crippen LogP contribution is 2.18. The van der Waals surface area contributed by atoms with Gasteiger partial charge >= 0.3 is 6.01 Å². The molecule has 0 spiro atoms. The Balaban J connectivity index is 2.34. The summed E-state index contributed by atoms with van der Waals surface area (Å²) >= 11 is 1.94. The molecule has 7 heteroatoms. The van der Waals surface area contributed by atoms with E-state index in [0.717, 1.165) is 5.69 Å². The van der Waals surface area contributed by atoms with Crippen molar-refractivity contribution in [3.63, 3.8) is 0 Å². The normalized spacial score (nSPS) is 9.38. The van der Waals surface area contributed by atoms with Crippen molar-refractivity contribution >= 4 is 28.5 Å². The molecule has 0 aliphatic rings. The number of ether oxygens (including phenoxy) is 1. The van der Waals surface area contributed by atoms with Gasteiger partial charge in [-0.05, 0) is 16.1 Å². The molecule has 0 fully saturated rings. The number of aromatic nitrogens is 4. The van der Waals surface area contributed by atoms with Crippen LogP contribution in [0, 0.1) is 22.2 Å². The van der Waals surface area contributed by atoms with E-state index in [1.54, 1.807) is 0 Å². The summed E-state index contributed by atoms with van der Waals surface area (Å²) in [5, 5.41) is 2.92. The van der Waals surface area contributed by atoms with Crippen LogP contribution in [0.2, 0.25) is 0 Å². The fourth-order valence-electron chi connectivity index (χ4n) is 1.57. The van der Waals surface area contributed by atoms with Gasteiger partial charge in [-0.15, -0.1) is 6.42 Å². The number of anilines is 1. The number of nitrogens with zero attached hydrogens (tertiary/aromatic N) is 4. The molecule has 0 aliphatic carbocycles. The van der Waals surface area contributed by atoms with Crippen molar-refractivity contribution in [1.29, 1.82) is 0 Å². The van der Waals surface area contributed by atoms with Gasteiger partial charge in [-0.2, -0.15) is 15.0 Å². The Morgan fingerprint density at radius 3 is 2.95 bits per heavy atom. The smallest absolute Gasteiger partial charge is 0.322 e. The molecule has 0 radical (unpaired) electrons. The van der Waals surface area contributed by atoms with Crippen LogP contribution < -0.4 is 10.1 Å². The summed E-state index contributed by atoms with van der Waals surface area (Å²) in [6, 6.07) is 4.03. The first kappa shape index (κ1) is 15.1. The fourth-order valence-corrected chi connectivity index (χ4v) is 1.72. The number of terminal acetylenes is 1. The predicted molar refractivity (Wildman–Crippen MR) is 88.8 cm³/mol. The predicted octanol–water partition coefficient (Wildman–Crippen LogP) is 1.70. The number of nitrogens with one attached hydrogen (secondary N) is 1. The molecule has 0 unspecified atom stereocenters. The highest BCUT2D eigenvalue weighted by atomic mass is 127. The summed E-state index contributed by atoms with van der Waals surface area (Å²) in [5.41, 5.74) is 0.853. The summed E-state index contributed by atoms with van der Waals surface area (Å²) in [6.45, 7) is 0.539. The van der Waals surface area contributed by atoms with Crippen molar-refractivity contribution in [2.24, 2.45) is 7.05 Å². The summed E-state index contributed by atoms with van der Waals surface area (Å²) in [4.78, 5) is 12.8. The minimum atomic E-state index is 0.208. The molecule has 0 saturated heterocycles. The van der Waals surface area contributed by atoms with Gasteiger partial charge in [0.1, 0.15) is 0 Å². The lowest BCUT2D eigenvalue weighted by Gasteiger charge is -2.08. The molecule has 0 atom stereocenters. The standard InChI is InChI=1S/C14H12IN5O/c1-3-8-16-13-17-12(11-6-4-9-20(11)2)18-14(19-13)21-10-5-7-15/h1,4,6,9H,8,10H2,2H3,(H,16,17,18,19). The van der Waals surface area contributed by atoms with Crippen LogP contribution in [-0.4, -0.2) is 32.7 Å². The van der Waals surface area contributed by atoms with E-state index < -0.39 is 0 Å². The number of rotatable bonds is 5. The summed E-state index contributed by atoms with van der Waals surface area (Å²) in [7, 11) is 1.91. The molecule has 0 saturated carbocycles. The van der Waals surface area contributed by atoms with Gasteiger partial charge in [-0.25, -0.2) is 0 Å². The second-order valence-electron chi connectivity index (χ2n) is 3.89. The first-order chi connectivity index (χ1) is 10.2. The lowest BCUT2D eigenvalue weighted by Crippen LogP contribution is -2.09. The minimum absolute atomic E-state index is 0.208. The van der Waals surface area contributed by atoms with E-state index in [9.17, 15) is 0 Å². The lowest BCUT2D eigenvalue weighted by atomic mass is 10.4. The van der Waals surface area contributed by atoms with E-state index in [0.29, 0.717) is 18.3 Å². The van der Waals surface area contributed by atoms with Gasteiger partial charge in [0, 0.05) is 35.8 Å². The van der Waals surface area contributed by atoms with Gasteiger partial charge in [-0.1, -0.05) is 11.8 Å². The first-order valence-corrected chi connectivity index (χ1v) is 7.09. The van der Waals surface area contributed by atoms with Gasteiger partial charge in [0.2, 0.25) is 5.95 Å². The van der Waals surface area contributed by atoms with E-state index in [1.807, 2.05) is 52.5 Å². The molecule has 1 N–H and O–H groups in total. The quantitative estimate of drug-likeness (QED) is 0.619. The molecule has 2 heterocycles. The zero-order chi connectivity index (χ0) is 15.1. The topological polar surface area (TPSA) is 64.9 Å². The maximum Gasteiger partial charge on any atom is 0.322 e. The lowest BCUT2D eigenvalue weighted by molar-refractivity contribution is 0.339. The van der Waals surface area contributed by atoms with Gasteiger partial charge in [0.15, 0.2) is 12.4 Å². The van der Waals surface area contributed by atoms with E-state index in [-0.39, 0.29) is 12.6 Å². The van der Waals surface area contributed by atoms with Gasteiger partial charge in [0.05, 0.1) is 12.2 Å². The summed E-state index contributed by atoms with van der Waals surface area (Å²) < 4.78 is 10.0. The van der Waals surface area contributed by atoms with Crippen molar-refractivity contribution in [1.82, 2.24) is 19.5 Å². The maximum absolute atomic E-state index is 5.40. The third kappa shape index (κ3) is 4.10. The highest BCUT2D eigenvalue weighted by Gasteiger charge is 2.11. The Kier molecular flexibility index (Phi) is 5.41. The van der Waals surface area contributed by atoms with Crippen LogP contribution in [0.15, 0.2) is 18.3 Å². The molecule has 106 valence electrons. The van der Waals surface area contributed by atoms with E-state index in [4.69, 9.17) is 11.2 Å². The van der Waals surface area contributed by atoms with Crippen molar-refractivity contribution < 1.29 is 4.74 Å². The second-order valence-corrected chi connectivity index (χ2v) is 4.43. The Bertz CT molecular complexity index is 723. The molecular weight excluding hydrogens is 381 g/mol.